The van der Waals surface area contributed by atoms with Gasteiger partial charge < -0.3 is 42.2 Å². The number of aliphatic hydroxyl groups is 1. The summed E-state index contributed by atoms with van der Waals surface area (Å²) >= 11 is 0. The van der Waals surface area contributed by atoms with E-state index in [9.17, 15) is 33.5 Å². The molecule has 5 atom stereocenters. The lowest BCUT2D eigenvalue weighted by Crippen LogP contribution is -2.57. The Morgan fingerprint density at radius 3 is 2.28 bits per heavy atom. The van der Waals surface area contributed by atoms with Crippen molar-refractivity contribution in [3.8, 4) is 0 Å². The molecule has 0 bridgehead atoms. The second-order valence-corrected chi connectivity index (χ2v) is 14.4. The van der Waals surface area contributed by atoms with Gasteiger partial charge in [0.2, 0.25) is 17.7 Å². The molecular formula is C44H56FN7O6. The molecule has 58 heavy (non-hydrogen) atoms. The van der Waals surface area contributed by atoms with Gasteiger partial charge in [-0.3, -0.25) is 24.2 Å². The second-order valence-electron chi connectivity index (χ2n) is 14.4. The fraction of sp³-hybridized carbons (Fsp3) is 0.409. The highest BCUT2D eigenvalue weighted by atomic mass is 19.1. The van der Waals surface area contributed by atoms with Crippen LogP contribution in [-0.4, -0.2) is 90.8 Å². The number of aldehydes is 1. The van der Waals surface area contributed by atoms with Crippen LogP contribution >= 0.6 is 0 Å². The topological polar surface area (TPSA) is 205 Å². The molecule has 3 aromatic carbocycles. The number of aryl methyl sites for hydroxylation is 1. The van der Waals surface area contributed by atoms with E-state index in [1.807, 2.05) is 48.5 Å². The SMILES string of the molecule is CN[C@@H](CCCCN)C(=O)N[C@@H](Cc1cccc2ccccc12)C(=O)N[C@@H](CO)C(=O)C(CC[C@H](C=O)NC(=O)CCc1ccc(F)cc1)CNCc1cccnc1. The van der Waals surface area contributed by atoms with Crippen molar-refractivity contribution in [3.05, 3.63) is 114 Å². The first-order chi connectivity index (χ1) is 28.1. The van der Waals surface area contributed by atoms with Crippen LogP contribution in [0.5, 0.6) is 0 Å². The normalized spacial score (nSPS) is 13.8. The fourth-order valence-corrected chi connectivity index (χ4v) is 6.82. The number of nitrogens with two attached hydrogens (primary N) is 1. The van der Waals surface area contributed by atoms with Gasteiger partial charge >= 0.3 is 0 Å². The number of aromatic nitrogens is 1. The highest BCUT2D eigenvalue weighted by molar-refractivity contribution is 5.95. The number of carbonyl (C=O) groups is 5. The van der Waals surface area contributed by atoms with Crippen LogP contribution in [0.2, 0.25) is 0 Å². The van der Waals surface area contributed by atoms with E-state index >= 15 is 0 Å². The number of hydrogen-bond donors (Lipinski definition) is 7. The Morgan fingerprint density at radius 1 is 0.828 bits per heavy atom. The van der Waals surface area contributed by atoms with Crippen LogP contribution in [0.3, 0.4) is 0 Å². The lowest BCUT2D eigenvalue weighted by atomic mass is 9.91. The molecule has 0 saturated carbocycles. The summed E-state index contributed by atoms with van der Waals surface area (Å²) < 4.78 is 13.3. The van der Waals surface area contributed by atoms with Crippen molar-refractivity contribution in [3.63, 3.8) is 0 Å². The van der Waals surface area contributed by atoms with Gasteiger partial charge in [0, 0.05) is 44.2 Å². The number of Topliss-reactive ketones (excluding diaryl/α,β-unsaturated/α-hetero) is 1. The first kappa shape index (κ1) is 45.3. The number of amides is 3. The number of carbonyl (C=O) groups excluding carboxylic acids is 5. The number of aliphatic hydroxyl groups excluding tert-OH is 1. The maximum absolute atomic E-state index is 14.2. The molecule has 0 radical (unpaired) electrons. The number of fused-ring (bicyclic) bond motifs is 1. The number of rotatable bonds is 26. The van der Waals surface area contributed by atoms with Gasteiger partial charge in [-0.05, 0) is 91.4 Å². The maximum Gasteiger partial charge on any atom is 0.243 e. The molecule has 0 saturated heterocycles. The standard InChI is InChI=1S/C44H56FN7O6/c1-47-38(13-4-5-22-46)43(57)51-39(24-33-11-6-10-32-9-2-3-12-37(32)33)44(58)52-40(29-54)42(56)34(27-49-26-31-8-7-23-48-25-31)17-20-36(28-53)50-41(55)21-16-30-14-18-35(45)19-15-30/h2-3,6-12,14-15,18-19,23,25,28,34,36,38-40,47,49,54H,4-5,13,16-17,20-22,24,26-27,29,46H2,1H3,(H,50,55)(H,51,57)(H,52,58)/t34?,36-,38+,39+,40+/m1/s1. The zero-order chi connectivity index (χ0) is 41.7. The van der Waals surface area contributed by atoms with Gasteiger partial charge in [-0.1, -0.05) is 67.1 Å². The Balaban J connectivity index is 1.49. The minimum atomic E-state index is -1.34. The van der Waals surface area contributed by atoms with E-state index in [-0.39, 0.29) is 49.9 Å². The molecule has 4 rings (SSSR count). The monoisotopic (exact) mass is 797 g/mol. The largest absolute Gasteiger partial charge is 0.394 e. The summed E-state index contributed by atoms with van der Waals surface area (Å²) in [6, 6.07) is 19.0. The number of ketones is 1. The number of nitrogens with zero attached hydrogens (tertiary/aromatic N) is 1. The van der Waals surface area contributed by atoms with E-state index in [1.54, 1.807) is 37.6 Å². The minimum Gasteiger partial charge on any atom is -0.394 e. The van der Waals surface area contributed by atoms with Gasteiger partial charge in [0.05, 0.1) is 18.7 Å². The lowest BCUT2D eigenvalue weighted by molar-refractivity contribution is -0.134. The number of unbranched alkanes of at least 4 members (excludes halogenated alkanes) is 1. The van der Waals surface area contributed by atoms with Crippen molar-refractivity contribution >= 4 is 40.6 Å². The first-order valence-corrected chi connectivity index (χ1v) is 19.8. The van der Waals surface area contributed by atoms with E-state index in [1.165, 1.54) is 12.1 Å². The van der Waals surface area contributed by atoms with Crippen molar-refractivity contribution in [2.75, 3.05) is 26.7 Å². The number of hydrogen-bond acceptors (Lipinski definition) is 10. The molecule has 0 aliphatic carbocycles. The molecule has 1 heterocycles. The molecule has 0 aliphatic heterocycles. The Labute approximate surface area is 339 Å². The number of likely N-dealkylation sites (N-methyl/N-ethyl adjacent to an activating group) is 1. The summed E-state index contributed by atoms with van der Waals surface area (Å²) in [5.74, 6) is -3.06. The van der Waals surface area contributed by atoms with Crippen molar-refractivity contribution < 1.29 is 33.5 Å². The van der Waals surface area contributed by atoms with Gasteiger partial charge in [-0.2, -0.15) is 0 Å². The van der Waals surface area contributed by atoms with Gasteiger partial charge in [-0.25, -0.2) is 4.39 Å². The average Bonchev–Trinajstić information content (AvgIpc) is 3.24. The molecule has 14 heteroatoms. The summed E-state index contributed by atoms with van der Waals surface area (Å²) in [5, 5.41) is 27.0. The Morgan fingerprint density at radius 2 is 1.57 bits per heavy atom. The van der Waals surface area contributed by atoms with Crippen molar-refractivity contribution in [2.24, 2.45) is 11.7 Å². The van der Waals surface area contributed by atoms with Crippen LogP contribution in [0.1, 0.15) is 55.2 Å². The van der Waals surface area contributed by atoms with Crippen LogP contribution in [-0.2, 0) is 43.4 Å². The molecule has 310 valence electrons. The minimum absolute atomic E-state index is 0.0723. The smallest absolute Gasteiger partial charge is 0.243 e. The van der Waals surface area contributed by atoms with E-state index < -0.39 is 48.4 Å². The molecule has 8 N–H and O–H groups in total. The fourth-order valence-electron chi connectivity index (χ4n) is 6.82. The molecule has 13 nitrogen and oxygen atoms in total. The van der Waals surface area contributed by atoms with E-state index in [0.717, 1.165) is 33.9 Å². The first-order valence-electron chi connectivity index (χ1n) is 19.8. The molecular weight excluding hydrogens is 742 g/mol. The van der Waals surface area contributed by atoms with E-state index in [2.05, 4.69) is 31.6 Å². The van der Waals surface area contributed by atoms with Gasteiger partial charge in [0.25, 0.3) is 0 Å². The molecule has 0 aliphatic rings. The van der Waals surface area contributed by atoms with E-state index in [0.29, 0.717) is 38.6 Å². The predicted molar refractivity (Wildman–Crippen MR) is 221 cm³/mol. The third-order valence-electron chi connectivity index (χ3n) is 10.1. The zero-order valence-corrected chi connectivity index (χ0v) is 33.0. The summed E-state index contributed by atoms with van der Waals surface area (Å²) in [7, 11) is 1.67. The molecule has 0 fully saturated rings. The summed E-state index contributed by atoms with van der Waals surface area (Å²) in [5.41, 5.74) is 8.12. The van der Waals surface area contributed by atoms with Crippen LogP contribution in [0.4, 0.5) is 4.39 Å². The molecule has 1 unspecified atom stereocenters. The van der Waals surface area contributed by atoms with Crippen LogP contribution in [0.25, 0.3) is 10.8 Å². The van der Waals surface area contributed by atoms with Crippen molar-refractivity contribution in [1.29, 1.82) is 0 Å². The number of halogens is 1. The Hall–Kier alpha value is -5.41. The molecule has 4 aromatic rings. The number of benzene rings is 3. The van der Waals surface area contributed by atoms with Crippen LogP contribution < -0.4 is 32.3 Å². The Bertz CT molecular complexity index is 1910. The molecule has 3 amide bonds. The summed E-state index contributed by atoms with van der Waals surface area (Å²) in [6.07, 6.45) is 6.67. The number of pyridine rings is 1. The van der Waals surface area contributed by atoms with Crippen LogP contribution in [0.15, 0.2) is 91.3 Å². The van der Waals surface area contributed by atoms with Gasteiger partial charge in [0.15, 0.2) is 5.78 Å². The van der Waals surface area contributed by atoms with Crippen molar-refractivity contribution in [1.82, 2.24) is 31.6 Å². The molecule has 0 spiro atoms. The zero-order valence-electron chi connectivity index (χ0n) is 33.0. The van der Waals surface area contributed by atoms with Gasteiger partial charge in [0.1, 0.15) is 24.2 Å². The van der Waals surface area contributed by atoms with Gasteiger partial charge in [-0.15, -0.1) is 0 Å². The summed E-state index contributed by atoms with van der Waals surface area (Å²) in [6.45, 7) is 0.285. The quantitative estimate of drug-likeness (QED) is 0.0366. The molecule has 1 aromatic heterocycles. The third kappa shape index (κ3) is 14.5. The second kappa shape index (κ2) is 24.4. The maximum atomic E-state index is 14.2. The van der Waals surface area contributed by atoms with E-state index in [4.69, 9.17) is 5.73 Å². The highest BCUT2D eigenvalue weighted by Gasteiger charge is 2.32. The average molecular weight is 798 g/mol. The number of nitrogens with one attached hydrogen (secondary N) is 5. The lowest BCUT2D eigenvalue weighted by Gasteiger charge is -2.27. The Kier molecular flexibility index (Phi) is 19.0. The highest BCUT2D eigenvalue weighted by Crippen LogP contribution is 2.21. The third-order valence-corrected chi connectivity index (χ3v) is 10.1. The van der Waals surface area contributed by atoms with Crippen molar-refractivity contribution in [2.45, 2.75) is 82.1 Å². The summed E-state index contributed by atoms with van der Waals surface area (Å²) in [4.78, 5) is 70.9. The van der Waals surface area contributed by atoms with Crippen LogP contribution in [0, 0.1) is 11.7 Å². The predicted octanol–water partition coefficient (Wildman–Crippen LogP) is 2.67.